The first kappa shape index (κ1) is 23.7. The second-order valence-corrected chi connectivity index (χ2v) is 7.21. The highest BCUT2D eigenvalue weighted by atomic mass is 35.5. The van der Waals surface area contributed by atoms with Gasteiger partial charge in [0.1, 0.15) is 23.8 Å². The lowest BCUT2D eigenvalue weighted by Gasteiger charge is -2.15. The fraction of sp³-hybridized carbons (Fsp3) is 0.278. The predicted molar refractivity (Wildman–Crippen MR) is 112 cm³/mol. The third kappa shape index (κ3) is 7.33. The molecule has 3 rings (SSSR count). The van der Waals surface area contributed by atoms with E-state index in [1.807, 2.05) is 38.2 Å². The van der Waals surface area contributed by atoms with Crippen LogP contribution in [0, 0.1) is 13.8 Å². The van der Waals surface area contributed by atoms with Crippen molar-refractivity contribution in [1.29, 1.82) is 0 Å². The monoisotopic (exact) mass is 455 g/mol. The van der Waals surface area contributed by atoms with Crippen LogP contribution in [0.5, 0.6) is 5.88 Å². The number of aryl methyl sites for hydroxylation is 2. The number of hydrogen-bond donors (Lipinski definition) is 2. The van der Waals surface area contributed by atoms with Crippen LogP contribution in [0.25, 0.3) is 5.69 Å². The molecule has 2 heterocycles. The standard InChI is InChI=1S/C18H20ClN5O.HO4P.H2/c1-12-4-6-15(7-5-12)24-9-8-16(23-24)25-10-13(2)22-18-17(19)14(3)20-11-21-18;1-4-5(2)3;/h4-9,11,13H,10H2,1-3H3,(H,20,21,22);1H;1H. The molecule has 0 amide bonds. The number of nitrogens with one attached hydrogen (secondary N) is 1. The molecule has 0 radical (unpaired) electrons. The molecule has 3 aromatic rings. The molecular weight excluding hydrogens is 433 g/mol. The number of anilines is 1. The Morgan fingerprint density at radius 1 is 1.30 bits per heavy atom. The van der Waals surface area contributed by atoms with E-state index in [0.29, 0.717) is 23.3 Å². The Labute approximate surface area is 180 Å². The Balaban J connectivity index is 0.000000721. The van der Waals surface area contributed by atoms with E-state index in [4.69, 9.17) is 31.1 Å². The zero-order valence-electron chi connectivity index (χ0n) is 16.5. The highest BCUT2D eigenvalue weighted by molar-refractivity contribution is 7.30. The van der Waals surface area contributed by atoms with Crippen LogP contribution in [-0.4, -0.2) is 37.7 Å². The molecule has 0 spiro atoms. The SMILES string of the molecule is Cc1ccc(-n2ccc(OCC(C)Nc3ncnc(C)c3Cl)n2)cc1.O=[P+]([O-])OO.[HH]. The summed E-state index contributed by atoms with van der Waals surface area (Å²) >= 11 is 6.19. The number of ether oxygens (including phenoxy) is 1. The molecule has 0 aliphatic rings. The van der Waals surface area contributed by atoms with Crippen molar-refractivity contribution in [1.82, 2.24) is 19.7 Å². The molecule has 0 aliphatic carbocycles. The fourth-order valence-electron chi connectivity index (χ4n) is 2.27. The lowest BCUT2D eigenvalue weighted by molar-refractivity contribution is -0.244. The van der Waals surface area contributed by atoms with Gasteiger partial charge in [0, 0.05) is 18.4 Å². The molecule has 162 valence electrons. The van der Waals surface area contributed by atoms with E-state index in [1.165, 1.54) is 11.9 Å². The van der Waals surface area contributed by atoms with Crippen LogP contribution in [-0.2, 0) is 9.24 Å². The van der Waals surface area contributed by atoms with Crippen molar-refractivity contribution in [3.05, 3.63) is 59.1 Å². The summed E-state index contributed by atoms with van der Waals surface area (Å²) in [6.07, 6.45) is 3.36. The minimum atomic E-state index is -3.04. The molecule has 2 unspecified atom stereocenters. The third-order valence-electron chi connectivity index (χ3n) is 3.76. The van der Waals surface area contributed by atoms with E-state index in [-0.39, 0.29) is 7.47 Å². The summed E-state index contributed by atoms with van der Waals surface area (Å²) in [5.41, 5.74) is 2.95. The first-order chi connectivity index (χ1) is 14.3. The lowest BCUT2D eigenvalue weighted by atomic mass is 10.2. The van der Waals surface area contributed by atoms with Crippen molar-refractivity contribution in [3.8, 4) is 11.6 Å². The van der Waals surface area contributed by atoms with Crippen LogP contribution in [0.4, 0.5) is 5.82 Å². The van der Waals surface area contributed by atoms with Crippen LogP contribution in [0.2, 0.25) is 5.02 Å². The van der Waals surface area contributed by atoms with Gasteiger partial charge >= 0.3 is 8.25 Å². The number of nitrogens with zero attached hydrogens (tertiary/aromatic N) is 4. The summed E-state index contributed by atoms with van der Waals surface area (Å²) in [6.45, 7) is 6.32. The van der Waals surface area contributed by atoms with E-state index in [0.717, 1.165) is 11.4 Å². The number of aromatic nitrogens is 4. The normalized spacial score (nSPS) is 11.9. The highest BCUT2D eigenvalue weighted by Gasteiger charge is 2.10. The largest absolute Gasteiger partial charge is 0.565 e. The van der Waals surface area contributed by atoms with Crippen molar-refractivity contribution in [2.75, 3.05) is 11.9 Å². The molecule has 30 heavy (non-hydrogen) atoms. The van der Waals surface area contributed by atoms with Gasteiger partial charge in [-0.05, 0) is 37.5 Å². The van der Waals surface area contributed by atoms with Crippen molar-refractivity contribution < 1.29 is 25.6 Å². The first-order valence-corrected chi connectivity index (χ1v) is 10.2. The Kier molecular flexibility index (Phi) is 9.10. The number of halogens is 1. The molecule has 2 aromatic heterocycles. The molecule has 1 aromatic carbocycles. The smallest absolute Gasteiger partial charge is 0.521 e. The molecule has 12 heteroatoms. The summed E-state index contributed by atoms with van der Waals surface area (Å²) in [6, 6.07) is 10.0. The van der Waals surface area contributed by atoms with Gasteiger partial charge in [-0.15, -0.1) is 5.10 Å². The van der Waals surface area contributed by atoms with Crippen LogP contribution >= 0.6 is 19.9 Å². The zero-order chi connectivity index (χ0) is 22.1. The van der Waals surface area contributed by atoms with E-state index < -0.39 is 8.25 Å². The van der Waals surface area contributed by atoms with E-state index >= 15 is 0 Å². The summed E-state index contributed by atoms with van der Waals surface area (Å²) in [7, 11) is -3.04. The maximum atomic E-state index is 8.93. The van der Waals surface area contributed by atoms with Gasteiger partial charge in [-0.2, -0.15) is 0 Å². The van der Waals surface area contributed by atoms with Gasteiger partial charge in [0.25, 0.3) is 0 Å². The van der Waals surface area contributed by atoms with Crippen molar-refractivity contribution in [3.63, 3.8) is 0 Å². The van der Waals surface area contributed by atoms with Gasteiger partial charge in [-0.3, -0.25) is 0 Å². The van der Waals surface area contributed by atoms with Crippen LogP contribution < -0.4 is 14.9 Å². The zero-order valence-corrected chi connectivity index (χ0v) is 18.2. The van der Waals surface area contributed by atoms with Gasteiger partial charge in [-0.1, -0.05) is 29.3 Å². The van der Waals surface area contributed by atoms with Gasteiger partial charge < -0.3 is 14.9 Å². The van der Waals surface area contributed by atoms with Crippen LogP contribution in [0.15, 0.2) is 42.9 Å². The molecule has 10 nitrogen and oxygen atoms in total. The first-order valence-electron chi connectivity index (χ1n) is 8.75. The predicted octanol–water partition coefficient (Wildman–Crippen LogP) is 3.55. The second kappa shape index (κ2) is 11.5. The minimum absolute atomic E-state index is 0. The summed E-state index contributed by atoms with van der Waals surface area (Å²) in [4.78, 5) is 17.1. The molecule has 2 atom stereocenters. The quantitative estimate of drug-likeness (QED) is 0.311. The minimum Gasteiger partial charge on any atom is -0.565 e. The Morgan fingerprint density at radius 2 is 1.97 bits per heavy atom. The van der Waals surface area contributed by atoms with E-state index in [9.17, 15) is 0 Å². The fourth-order valence-corrected chi connectivity index (χ4v) is 2.42. The number of hydrogen-bond acceptors (Lipinski definition) is 9. The number of benzene rings is 1. The highest BCUT2D eigenvalue weighted by Crippen LogP contribution is 2.21. The summed E-state index contributed by atoms with van der Waals surface area (Å²) in [5.74, 6) is 1.18. The Morgan fingerprint density at radius 3 is 2.60 bits per heavy atom. The molecule has 2 N–H and O–H groups in total. The summed E-state index contributed by atoms with van der Waals surface area (Å²) in [5, 5.41) is 15.2. The van der Waals surface area contributed by atoms with Crippen molar-refractivity contribution in [2.45, 2.75) is 26.8 Å². The van der Waals surface area contributed by atoms with Gasteiger partial charge in [0.2, 0.25) is 5.88 Å². The van der Waals surface area contributed by atoms with E-state index in [2.05, 4.69) is 44.1 Å². The maximum absolute atomic E-state index is 8.93. The van der Waals surface area contributed by atoms with E-state index in [1.54, 1.807) is 4.68 Å². The van der Waals surface area contributed by atoms with Crippen LogP contribution in [0.1, 0.15) is 19.6 Å². The van der Waals surface area contributed by atoms with Gasteiger partial charge in [-0.25, -0.2) is 19.9 Å². The maximum Gasteiger partial charge on any atom is 0.521 e. The third-order valence-corrected chi connectivity index (χ3v) is 4.34. The average Bonchev–Trinajstić information content (AvgIpc) is 3.20. The molecule has 0 bridgehead atoms. The molecule has 0 saturated carbocycles. The van der Waals surface area contributed by atoms with Gasteiger partial charge in [0.05, 0.1) is 17.4 Å². The Hall–Kier alpha value is -2.62. The van der Waals surface area contributed by atoms with Crippen molar-refractivity contribution >= 4 is 25.7 Å². The summed E-state index contributed by atoms with van der Waals surface area (Å²) < 4.78 is 19.2. The van der Waals surface area contributed by atoms with Crippen molar-refractivity contribution in [2.24, 2.45) is 0 Å². The molecule has 0 saturated heterocycles. The number of rotatable bonds is 7. The molecular formula is C18H23ClN5O5P. The molecule has 0 fully saturated rings. The van der Waals surface area contributed by atoms with Crippen LogP contribution in [0.3, 0.4) is 0 Å². The molecule has 0 aliphatic heterocycles. The topological polar surface area (TPSA) is 134 Å². The second-order valence-electron chi connectivity index (χ2n) is 6.22. The Bertz CT molecular complexity index is 976. The lowest BCUT2D eigenvalue weighted by Crippen LogP contribution is -2.24. The van der Waals surface area contributed by atoms with Gasteiger partial charge in [0.15, 0.2) is 0 Å². The average molecular weight is 456 g/mol.